The van der Waals surface area contributed by atoms with Crippen molar-refractivity contribution >= 4 is 35.1 Å². The molecule has 33 heavy (non-hydrogen) atoms. The lowest BCUT2D eigenvalue weighted by molar-refractivity contribution is -0.117. The number of aromatic hydroxyl groups is 1. The molecule has 12 heteroatoms. The van der Waals surface area contributed by atoms with Crippen LogP contribution in [0.15, 0.2) is 40.9 Å². The Morgan fingerprint density at radius 3 is 2.70 bits per heavy atom. The molecule has 0 aliphatic heterocycles. The number of nitrogen functional groups attached to an aromatic ring is 1. The number of rotatable bonds is 6. The van der Waals surface area contributed by atoms with Gasteiger partial charge in [-0.2, -0.15) is 9.97 Å². The number of aryl methyl sites for hydroxylation is 1. The second kappa shape index (κ2) is 7.82. The molecule has 0 atom stereocenters. The zero-order chi connectivity index (χ0) is 23.1. The quantitative estimate of drug-likeness (QED) is 0.323. The number of carbonyl (C=O) groups excluding carboxylic acids is 2. The van der Waals surface area contributed by atoms with Crippen LogP contribution in [-0.4, -0.2) is 36.5 Å². The highest BCUT2D eigenvalue weighted by Gasteiger charge is 2.30. The average molecular weight is 449 g/mol. The van der Waals surface area contributed by atoms with Crippen molar-refractivity contribution in [1.82, 2.24) is 19.6 Å². The van der Waals surface area contributed by atoms with E-state index < -0.39 is 5.91 Å². The monoisotopic (exact) mass is 449 g/mol. The third kappa shape index (κ3) is 4.26. The van der Waals surface area contributed by atoms with Gasteiger partial charge in [0.05, 0.1) is 17.6 Å². The summed E-state index contributed by atoms with van der Waals surface area (Å²) < 4.78 is 12.4. The molecule has 5 N–H and O–H groups in total. The molecule has 0 radical (unpaired) electrons. The van der Waals surface area contributed by atoms with E-state index in [9.17, 15) is 14.7 Å². The van der Waals surface area contributed by atoms with Gasteiger partial charge in [-0.15, -0.1) is 5.10 Å². The molecule has 0 bridgehead atoms. The largest absolute Gasteiger partial charge is 0.506 e. The maximum absolute atomic E-state index is 12.4. The zero-order valence-corrected chi connectivity index (χ0v) is 17.4. The lowest BCUT2D eigenvalue weighted by Crippen LogP contribution is -2.14. The molecule has 0 spiro atoms. The number of benzene rings is 1. The summed E-state index contributed by atoms with van der Waals surface area (Å²) in [5, 5.41) is 19.6. The lowest BCUT2D eigenvalue weighted by Gasteiger charge is -2.10. The van der Waals surface area contributed by atoms with Gasteiger partial charge in [0.25, 0.3) is 11.9 Å². The molecular weight excluding hydrogens is 430 g/mol. The molecule has 1 saturated carbocycles. The van der Waals surface area contributed by atoms with Crippen LogP contribution in [-0.2, 0) is 4.79 Å². The number of hydrogen-bond acceptors (Lipinski definition) is 9. The fourth-order valence-corrected chi connectivity index (χ4v) is 3.16. The van der Waals surface area contributed by atoms with Gasteiger partial charge >= 0.3 is 0 Å². The lowest BCUT2D eigenvalue weighted by atomic mass is 10.2. The van der Waals surface area contributed by atoms with Gasteiger partial charge in [0.2, 0.25) is 17.6 Å². The first-order chi connectivity index (χ1) is 15.9. The predicted octanol–water partition coefficient (Wildman–Crippen LogP) is 2.71. The Labute approximate surface area is 186 Å². The van der Waals surface area contributed by atoms with Crippen LogP contribution < -0.4 is 21.1 Å². The summed E-state index contributed by atoms with van der Waals surface area (Å²) >= 11 is 0. The standard InChI is InChI=1S/C21H19N7O5/c1-10-17(33-20(22)23-10)19(31)24-14-8-12(4-6-15(14)29)32-13-5-7-16-25-21(27-28(16)9-13)26-18(30)11-2-3-11/h4-9,11,29H,2-3H2,1H3,(H2,22,23)(H,24,31)(H,26,27,30). The molecule has 1 aromatic carbocycles. The van der Waals surface area contributed by atoms with Crippen molar-refractivity contribution in [2.45, 2.75) is 19.8 Å². The maximum Gasteiger partial charge on any atom is 0.293 e. The second-order valence-corrected chi connectivity index (χ2v) is 7.57. The van der Waals surface area contributed by atoms with Gasteiger partial charge in [0.15, 0.2) is 5.65 Å². The predicted molar refractivity (Wildman–Crippen MR) is 116 cm³/mol. The fourth-order valence-electron chi connectivity index (χ4n) is 3.16. The third-order valence-electron chi connectivity index (χ3n) is 4.96. The van der Waals surface area contributed by atoms with Crippen molar-refractivity contribution in [3.63, 3.8) is 0 Å². The van der Waals surface area contributed by atoms with Gasteiger partial charge < -0.3 is 25.3 Å². The number of fused-ring (bicyclic) bond motifs is 1. The summed E-state index contributed by atoms with van der Waals surface area (Å²) in [4.78, 5) is 32.5. The van der Waals surface area contributed by atoms with Crippen LogP contribution in [0.1, 0.15) is 29.1 Å². The Hall–Kier alpha value is -4.61. The number of nitrogens with one attached hydrogen (secondary N) is 2. The van der Waals surface area contributed by atoms with Gasteiger partial charge in [0.1, 0.15) is 17.2 Å². The van der Waals surface area contributed by atoms with E-state index in [2.05, 4.69) is 25.7 Å². The average Bonchev–Trinajstić information content (AvgIpc) is 3.46. The van der Waals surface area contributed by atoms with E-state index in [-0.39, 0.29) is 41.0 Å². The van der Waals surface area contributed by atoms with E-state index in [1.807, 2.05) is 0 Å². The van der Waals surface area contributed by atoms with E-state index in [0.29, 0.717) is 22.8 Å². The Balaban J connectivity index is 1.32. The molecule has 3 heterocycles. The number of hydrogen-bond donors (Lipinski definition) is 4. The van der Waals surface area contributed by atoms with Crippen LogP contribution in [0.4, 0.5) is 17.7 Å². The molecule has 168 valence electrons. The van der Waals surface area contributed by atoms with Crippen molar-refractivity contribution in [1.29, 1.82) is 0 Å². The number of nitrogens with zero attached hydrogens (tertiary/aromatic N) is 4. The molecule has 3 aromatic heterocycles. The Kier molecular flexibility index (Phi) is 4.81. The number of ether oxygens (including phenoxy) is 1. The number of oxazole rings is 1. The highest BCUT2D eigenvalue weighted by Crippen LogP contribution is 2.32. The van der Waals surface area contributed by atoms with Crippen molar-refractivity contribution in [3.05, 3.63) is 48.0 Å². The topological polar surface area (TPSA) is 170 Å². The number of amides is 2. The van der Waals surface area contributed by atoms with E-state index in [1.54, 1.807) is 25.3 Å². The first kappa shape index (κ1) is 20.3. The first-order valence-electron chi connectivity index (χ1n) is 10.1. The number of pyridine rings is 1. The summed E-state index contributed by atoms with van der Waals surface area (Å²) in [7, 11) is 0. The van der Waals surface area contributed by atoms with Gasteiger partial charge in [-0.25, -0.2) is 4.52 Å². The van der Waals surface area contributed by atoms with Gasteiger partial charge in [-0.05, 0) is 44.0 Å². The SMILES string of the molecule is Cc1nc(N)oc1C(=O)Nc1cc(Oc2ccc3nc(NC(=O)C4CC4)nn3c2)ccc1O. The number of aromatic nitrogens is 4. The van der Waals surface area contributed by atoms with Crippen LogP contribution in [0, 0.1) is 12.8 Å². The zero-order valence-electron chi connectivity index (χ0n) is 17.4. The third-order valence-corrected chi connectivity index (χ3v) is 4.96. The summed E-state index contributed by atoms with van der Waals surface area (Å²) in [6.45, 7) is 1.58. The summed E-state index contributed by atoms with van der Waals surface area (Å²) in [5.41, 5.74) is 6.44. The molecule has 0 saturated heterocycles. The highest BCUT2D eigenvalue weighted by molar-refractivity contribution is 6.04. The molecular formula is C21H19N7O5. The van der Waals surface area contributed by atoms with Crippen molar-refractivity contribution in [3.8, 4) is 17.2 Å². The Morgan fingerprint density at radius 1 is 1.18 bits per heavy atom. The summed E-state index contributed by atoms with van der Waals surface area (Å²) in [5.74, 6) is 0.126. The minimum Gasteiger partial charge on any atom is -0.506 e. The van der Waals surface area contributed by atoms with Gasteiger partial charge in [-0.1, -0.05) is 0 Å². The van der Waals surface area contributed by atoms with Crippen molar-refractivity contribution < 1.29 is 23.8 Å². The molecule has 1 aliphatic rings. The van der Waals surface area contributed by atoms with E-state index in [4.69, 9.17) is 14.9 Å². The highest BCUT2D eigenvalue weighted by atomic mass is 16.5. The molecule has 12 nitrogen and oxygen atoms in total. The van der Waals surface area contributed by atoms with E-state index in [0.717, 1.165) is 12.8 Å². The number of anilines is 3. The Bertz CT molecular complexity index is 1390. The smallest absolute Gasteiger partial charge is 0.293 e. The summed E-state index contributed by atoms with van der Waals surface area (Å²) in [6.07, 6.45) is 3.37. The number of carbonyl (C=O) groups is 2. The molecule has 2 amide bonds. The molecule has 5 rings (SSSR count). The summed E-state index contributed by atoms with van der Waals surface area (Å²) in [6, 6.07) is 7.62. The normalized spacial score (nSPS) is 13.1. The molecule has 1 aliphatic carbocycles. The number of phenols is 1. The Morgan fingerprint density at radius 2 is 1.97 bits per heavy atom. The number of nitrogens with two attached hydrogens (primary N) is 1. The fraction of sp³-hybridized carbons (Fsp3) is 0.190. The molecule has 1 fully saturated rings. The van der Waals surface area contributed by atoms with Crippen LogP contribution in [0.5, 0.6) is 17.2 Å². The number of phenolic OH excluding ortho intramolecular Hbond substituents is 1. The maximum atomic E-state index is 12.4. The van der Waals surface area contributed by atoms with Crippen LogP contribution in [0.2, 0.25) is 0 Å². The minimum atomic E-state index is -0.617. The van der Waals surface area contributed by atoms with Crippen molar-refractivity contribution in [2.75, 3.05) is 16.4 Å². The first-order valence-corrected chi connectivity index (χ1v) is 10.1. The minimum absolute atomic E-state index is 0.0463. The van der Waals surface area contributed by atoms with E-state index >= 15 is 0 Å². The molecule has 4 aromatic rings. The van der Waals surface area contributed by atoms with Gasteiger partial charge in [0, 0.05) is 12.0 Å². The van der Waals surface area contributed by atoms with Crippen LogP contribution in [0.3, 0.4) is 0 Å². The van der Waals surface area contributed by atoms with E-state index in [1.165, 1.54) is 22.7 Å². The van der Waals surface area contributed by atoms with Crippen LogP contribution >= 0.6 is 0 Å². The van der Waals surface area contributed by atoms with Crippen LogP contribution in [0.25, 0.3) is 5.65 Å². The van der Waals surface area contributed by atoms with Gasteiger partial charge in [-0.3, -0.25) is 14.9 Å². The van der Waals surface area contributed by atoms with Crippen molar-refractivity contribution in [2.24, 2.45) is 5.92 Å². The second-order valence-electron chi connectivity index (χ2n) is 7.57. The molecule has 0 unspecified atom stereocenters.